The molecule has 2 aliphatic heterocycles. The fourth-order valence-electron chi connectivity index (χ4n) is 5.19. The van der Waals surface area contributed by atoms with E-state index < -0.39 is 0 Å². The van der Waals surface area contributed by atoms with Crippen LogP contribution in [0.2, 0.25) is 0 Å². The molecule has 1 saturated heterocycles. The third-order valence-electron chi connectivity index (χ3n) is 6.68. The summed E-state index contributed by atoms with van der Waals surface area (Å²) in [6, 6.07) is 8.50. The lowest BCUT2D eigenvalue weighted by Gasteiger charge is -2.24. The van der Waals surface area contributed by atoms with Crippen LogP contribution < -0.4 is 10.6 Å². The molecule has 3 unspecified atom stereocenters. The first kappa shape index (κ1) is 20.4. The highest BCUT2D eigenvalue weighted by molar-refractivity contribution is 5.95. The van der Waals surface area contributed by atoms with Gasteiger partial charge in [0.2, 0.25) is 5.91 Å². The Morgan fingerprint density at radius 1 is 1.10 bits per heavy atom. The van der Waals surface area contributed by atoms with E-state index in [4.69, 9.17) is 0 Å². The lowest BCUT2D eigenvalue weighted by molar-refractivity contribution is -0.117. The van der Waals surface area contributed by atoms with Gasteiger partial charge in [0.1, 0.15) is 5.82 Å². The molecule has 1 saturated carbocycles. The molecule has 1 amide bonds. The van der Waals surface area contributed by atoms with Gasteiger partial charge in [-0.1, -0.05) is 31.4 Å². The van der Waals surface area contributed by atoms with Crippen molar-refractivity contribution >= 4 is 24.0 Å². The average molecular weight is 416 g/mol. The standard InChI is InChI=1S/C22H29N5O.ClH/c28-22(19-14-15-7-3-4-10-18(15)24-19)23-17-9-6-8-16(13-17)21-26-25-20-11-2-1-5-12-27(20)21;/h6,8-9,13,15,18-19,24H,1-5,7,10-12,14H2,(H,23,28);1H. The molecule has 1 aromatic carbocycles. The quantitative estimate of drug-likeness (QED) is 0.796. The van der Waals surface area contributed by atoms with Crippen molar-refractivity contribution in [3.05, 3.63) is 30.1 Å². The molecule has 1 aromatic heterocycles. The summed E-state index contributed by atoms with van der Waals surface area (Å²) in [6.45, 7) is 0.975. The minimum atomic E-state index is -0.0684. The normalized spacial score (nSPS) is 26.0. The third kappa shape index (κ3) is 4.19. The SMILES string of the molecule is Cl.O=C(Nc1cccc(-c2nnc3n2CCCCC3)c1)C1CC2CCCCC2N1. The van der Waals surface area contributed by atoms with Gasteiger partial charge < -0.3 is 15.2 Å². The van der Waals surface area contributed by atoms with E-state index >= 15 is 0 Å². The van der Waals surface area contributed by atoms with Crippen molar-refractivity contribution in [1.82, 2.24) is 20.1 Å². The number of benzene rings is 1. The minimum absolute atomic E-state index is 0. The van der Waals surface area contributed by atoms with Crippen LogP contribution in [-0.2, 0) is 17.8 Å². The fourth-order valence-corrected chi connectivity index (χ4v) is 5.19. The Bertz CT molecular complexity index is 853. The zero-order valence-electron chi connectivity index (χ0n) is 16.8. The fraction of sp³-hybridized carbons (Fsp3) is 0.591. The molecule has 2 fully saturated rings. The molecule has 2 aromatic rings. The van der Waals surface area contributed by atoms with Crippen LogP contribution in [0.4, 0.5) is 5.69 Å². The van der Waals surface area contributed by atoms with Gasteiger partial charge in [-0.05, 0) is 50.2 Å². The number of carbonyl (C=O) groups excluding carboxylic acids is 1. The number of carbonyl (C=O) groups is 1. The highest BCUT2D eigenvalue weighted by atomic mass is 35.5. The maximum atomic E-state index is 12.8. The average Bonchev–Trinajstić information content (AvgIpc) is 3.26. The predicted molar refractivity (Wildman–Crippen MR) is 116 cm³/mol. The van der Waals surface area contributed by atoms with Crippen LogP contribution in [0.1, 0.15) is 57.2 Å². The Kier molecular flexibility index (Phi) is 6.20. The van der Waals surface area contributed by atoms with Crippen LogP contribution in [0.15, 0.2) is 24.3 Å². The molecule has 2 N–H and O–H groups in total. The Balaban J connectivity index is 0.00000205. The number of aromatic nitrogens is 3. The van der Waals surface area contributed by atoms with Gasteiger partial charge >= 0.3 is 0 Å². The summed E-state index contributed by atoms with van der Waals surface area (Å²) in [5, 5.41) is 15.5. The summed E-state index contributed by atoms with van der Waals surface area (Å²) in [4.78, 5) is 12.8. The van der Waals surface area contributed by atoms with Crippen molar-refractivity contribution < 1.29 is 4.79 Å². The largest absolute Gasteiger partial charge is 0.325 e. The van der Waals surface area contributed by atoms with Crippen molar-refractivity contribution in [3.63, 3.8) is 0 Å². The Morgan fingerprint density at radius 3 is 2.90 bits per heavy atom. The number of rotatable bonds is 3. The topological polar surface area (TPSA) is 71.8 Å². The number of aryl methyl sites for hydroxylation is 1. The first-order valence-electron chi connectivity index (χ1n) is 10.9. The zero-order chi connectivity index (χ0) is 18.9. The van der Waals surface area contributed by atoms with Gasteiger partial charge in [-0.25, -0.2) is 0 Å². The van der Waals surface area contributed by atoms with E-state index in [2.05, 4.69) is 31.5 Å². The predicted octanol–water partition coefficient (Wildman–Crippen LogP) is 3.95. The van der Waals surface area contributed by atoms with Crippen molar-refractivity contribution in [1.29, 1.82) is 0 Å². The number of nitrogens with zero attached hydrogens (tertiary/aromatic N) is 3. The second-order valence-electron chi connectivity index (χ2n) is 8.58. The molecular formula is C22H30ClN5O. The minimum Gasteiger partial charge on any atom is -0.325 e. The number of hydrogen-bond acceptors (Lipinski definition) is 4. The van der Waals surface area contributed by atoms with Crippen molar-refractivity contribution in [2.75, 3.05) is 5.32 Å². The lowest BCUT2D eigenvalue weighted by Crippen LogP contribution is -2.39. The molecule has 7 heteroatoms. The molecule has 6 nitrogen and oxygen atoms in total. The summed E-state index contributed by atoms with van der Waals surface area (Å²) in [6.07, 6.45) is 10.6. The van der Waals surface area contributed by atoms with E-state index in [0.29, 0.717) is 12.0 Å². The number of fused-ring (bicyclic) bond motifs is 2. The second-order valence-corrected chi connectivity index (χ2v) is 8.58. The van der Waals surface area contributed by atoms with Crippen LogP contribution in [0.3, 0.4) is 0 Å². The zero-order valence-corrected chi connectivity index (χ0v) is 17.6. The van der Waals surface area contributed by atoms with Crippen LogP contribution >= 0.6 is 12.4 Å². The molecule has 3 heterocycles. The molecule has 0 radical (unpaired) electrons. The molecule has 3 atom stereocenters. The van der Waals surface area contributed by atoms with E-state index in [1.165, 1.54) is 44.9 Å². The number of halogens is 1. The van der Waals surface area contributed by atoms with Crippen LogP contribution in [0.5, 0.6) is 0 Å². The number of hydrogen-bond donors (Lipinski definition) is 2. The molecular weight excluding hydrogens is 386 g/mol. The van der Waals surface area contributed by atoms with Gasteiger partial charge in [0.05, 0.1) is 6.04 Å². The highest BCUT2D eigenvalue weighted by Crippen LogP contribution is 2.33. The molecule has 156 valence electrons. The van der Waals surface area contributed by atoms with Crippen molar-refractivity contribution in [2.24, 2.45) is 5.92 Å². The van der Waals surface area contributed by atoms with Crippen molar-refractivity contribution in [3.8, 4) is 11.4 Å². The van der Waals surface area contributed by atoms with Gasteiger partial charge in [-0.15, -0.1) is 22.6 Å². The first-order valence-corrected chi connectivity index (χ1v) is 10.9. The first-order chi connectivity index (χ1) is 13.8. The van der Waals surface area contributed by atoms with Gasteiger partial charge in [0.25, 0.3) is 0 Å². The van der Waals surface area contributed by atoms with Crippen molar-refractivity contribution in [2.45, 2.75) is 76.4 Å². The smallest absolute Gasteiger partial charge is 0.241 e. The third-order valence-corrected chi connectivity index (χ3v) is 6.68. The molecule has 5 rings (SSSR count). The van der Waals surface area contributed by atoms with Crippen LogP contribution in [-0.4, -0.2) is 32.8 Å². The Hall–Kier alpha value is -1.92. The highest BCUT2D eigenvalue weighted by Gasteiger charge is 2.38. The lowest BCUT2D eigenvalue weighted by atomic mass is 9.85. The van der Waals surface area contributed by atoms with Gasteiger partial charge in [-0.3, -0.25) is 4.79 Å². The molecule has 0 spiro atoms. The van der Waals surface area contributed by atoms with Crippen LogP contribution in [0, 0.1) is 5.92 Å². The summed E-state index contributed by atoms with van der Waals surface area (Å²) in [5.74, 6) is 2.76. The van der Waals surface area contributed by atoms with Gasteiger partial charge in [-0.2, -0.15) is 0 Å². The Morgan fingerprint density at radius 2 is 2.00 bits per heavy atom. The van der Waals surface area contributed by atoms with E-state index in [-0.39, 0.29) is 24.4 Å². The summed E-state index contributed by atoms with van der Waals surface area (Å²) < 4.78 is 2.25. The van der Waals surface area contributed by atoms with E-state index in [1.54, 1.807) is 0 Å². The molecule has 29 heavy (non-hydrogen) atoms. The number of anilines is 1. The summed E-state index contributed by atoms with van der Waals surface area (Å²) >= 11 is 0. The van der Waals surface area contributed by atoms with Crippen LogP contribution in [0.25, 0.3) is 11.4 Å². The monoisotopic (exact) mass is 415 g/mol. The van der Waals surface area contributed by atoms with E-state index in [9.17, 15) is 4.79 Å². The van der Waals surface area contributed by atoms with Gasteiger partial charge in [0.15, 0.2) is 5.82 Å². The maximum Gasteiger partial charge on any atom is 0.241 e. The maximum absolute atomic E-state index is 12.8. The van der Waals surface area contributed by atoms with E-state index in [1.807, 2.05) is 18.2 Å². The second kappa shape index (κ2) is 8.84. The number of nitrogens with one attached hydrogen (secondary N) is 2. The molecule has 0 bridgehead atoms. The molecule has 3 aliphatic rings. The number of amides is 1. The van der Waals surface area contributed by atoms with Gasteiger partial charge in [0, 0.05) is 30.3 Å². The molecule has 1 aliphatic carbocycles. The van der Waals surface area contributed by atoms with E-state index in [0.717, 1.165) is 42.3 Å². The summed E-state index contributed by atoms with van der Waals surface area (Å²) in [7, 11) is 0. The summed E-state index contributed by atoms with van der Waals surface area (Å²) in [5.41, 5.74) is 1.86. The Labute approximate surface area is 178 Å².